The normalized spacial score (nSPS) is 25.1. The van der Waals surface area contributed by atoms with Crippen LogP contribution in [-0.2, 0) is 9.53 Å². The topological polar surface area (TPSA) is 58.6 Å². The second-order valence-corrected chi connectivity index (χ2v) is 4.34. The average Bonchev–Trinajstić information content (AvgIpc) is 2.67. The van der Waals surface area contributed by atoms with Gasteiger partial charge in [0.2, 0.25) is 0 Å². The maximum Gasteiger partial charge on any atom is 0.303 e. The summed E-state index contributed by atoms with van der Waals surface area (Å²) >= 11 is 0. The van der Waals surface area contributed by atoms with Crippen LogP contribution >= 0.6 is 0 Å². The second-order valence-electron chi connectivity index (χ2n) is 4.34. The van der Waals surface area contributed by atoms with Crippen molar-refractivity contribution in [3.8, 4) is 0 Å². The van der Waals surface area contributed by atoms with Crippen molar-refractivity contribution < 1.29 is 14.6 Å². The van der Waals surface area contributed by atoms with Crippen molar-refractivity contribution in [3.63, 3.8) is 0 Å². The fourth-order valence-electron chi connectivity index (χ4n) is 1.98. The van der Waals surface area contributed by atoms with E-state index in [2.05, 4.69) is 12.2 Å². The van der Waals surface area contributed by atoms with E-state index in [9.17, 15) is 4.79 Å². The lowest BCUT2D eigenvalue weighted by Crippen LogP contribution is -2.42. The molecule has 0 aromatic carbocycles. The lowest BCUT2D eigenvalue weighted by molar-refractivity contribution is -0.137. The number of carboxylic acids is 1. The van der Waals surface area contributed by atoms with Crippen molar-refractivity contribution in [2.75, 3.05) is 6.61 Å². The molecule has 1 aliphatic rings. The molecule has 0 aromatic rings. The largest absolute Gasteiger partial charge is 0.481 e. The summed E-state index contributed by atoms with van der Waals surface area (Å²) < 4.78 is 5.56. The summed E-state index contributed by atoms with van der Waals surface area (Å²) in [6.45, 7) is 4.99. The summed E-state index contributed by atoms with van der Waals surface area (Å²) in [5.41, 5.74) is 0. The van der Waals surface area contributed by atoms with Crippen LogP contribution in [0.1, 0.15) is 39.5 Å². The number of rotatable bonds is 6. The van der Waals surface area contributed by atoms with Crippen molar-refractivity contribution in [1.82, 2.24) is 5.32 Å². The minimum Gasteiger partial charge on any atom is -0.481 e. The molecule has 1 fully saturated rings. The highest BCUT2D eigenvalue weighted by Crippen LogP contribution is 2.16. The van der Waals surface area contributed by atoms with Crippen LogP contribution in [0.15, 0.2) is 0 Å². The van der Waals surface area contributed by atoms with Crippen LogP contribution < -0.4 is 5.32 Å². The molecular weight excluding hydrogens is 194 g/mol. The van der Waals surface area contributed by atoms with Gasteiger partial charge in [-0.25, -0.2) is 0 Å². The molecule has 3 unspecified atom stereocenters. The molecule has 1 aliphatic heterocycles. The molecule has 3 atom stereocenters. The number of aliphatic carboxylic acids is 1. The number of nitrogens with one attached hydrogen (secondary N) is 1. The van der Waals surface area contributed by atoms with Crippen molar-refractivity contribution in [1.29, 1.82) is 0 Å². The quantitative estimate of drug-likeness (QED) is 0.703. The standard InChI is InChI=1S/C11H21NO3/c1-8(5-6-11(13)14)12-9(2)10-4-3-7-15-10/h8-10,12H,3-7H2,1-2H3,(H,13,14). The average molecular weight is 215 g/mol. The monoisotopic (exact) mass is 215 g/mol. The predicted octanol–water partition coefficient (Wildman–Crippen LogP) is 1.40. The van der Waals surface area contributed by atoms with Gasteiger partial charge in [0.1, 0.15) is 0 Å². The Labute approximate surface area is 91.0 Å². The summed E-state index contributed by atoms with van der Waals surface area (Å²) in [7, 11) is 0. The first-order chi connectivity index (χ1) is 7.09. The van der Waals surface area contributed by atoms with Crippen molar-refractivity contribution in [3.05, 3.63) is 0 Å². The fourth-order valence-corrected chi connectivity index (χ4v) is 1.98. The molecule has 1 rings (SSSR count). The van der Waals surface area contributed by atoms with E-state index < -0.39 is 5.97 Å². The van der Waals surface area contributed by atoms with E-state index in [0.717, 1.165) is 19.4 Å². The lowest BCUT2D eigenvalue weighted by atomic mass is 10.1. The molecule has 0 aliphatic carbocycles. The molecule has 0 radical (unpaired) electrons. The van der Waals surface area contributed by atoms with Gasteiger partial charge in [0.15, 0.2) is 0 Å². The molecule has 0 spiro atoms. The van der Waals surface area contributed by atoms with Gasteiger partial charge < -0.3 is 15.2 Å². The number of hydrogen-bond donors (Lipinski definition) is 2. The van der Waals surface area contributed by atoms with Crippen molar-refractivity contribution in [2.24, 2.45) is 0 Å². The summed E-state index contributed by atoms with van der Waals surface area (Å²) in [5.74, 6) is -0.728. The molecule has 0 saturated carbocycles. The Morgan fingerprint density at radius 1 is 1.60 bits per heavy atom. The van der Waals surface area contributed by atoms with E-state index in [4.69, 9.17) is 9.84 Å². The summed E-state index contributed by atoms with van der Waals surface area (Å²) in [6.07, 6.45) is 3.45. The smallest absolute Gasteiger partial charge is 0.303 e. The summed E-state index contributed by atoms with van der Waals surface area (Å²) in [6, 6.07) is 0.552. The van der Waals surface area contributed by atoms with Gasteiger partial charge in [-0.15, -0.1) is 0 Å². The zero-order chi connectivity index (χ0) is 11.3. The minimum atomic E-state index is -0.728. The number of carbonyl (C=O) groups is 1. The Morgan fingerprint density at radius 3 is 2.87 bits per heavy atom. The van der Waals surface area contributed by atoms with E-state index >= 15 is 0 Å². The molecule has 0 amide bonds. The van der Waals surface area contributed by atoms with Crippen LogP contribution in [0.25, 0.3) is 0 Å². The third kappa shape index (κ3) is 4.62. The zero-order valence-electron chi connectivity index (χ0n) is 9.53. The van der Waals surface area contributed by atoms with Crippen molar-refractivity contribution >= 4 is 5.97 Å². The van der Waals surface area contributed by atoms with Gasteiger partial charge in [-0.2, -0.15) is 0 Å². The Bertz CT molecular complexity index is 202. The van der Waals surface area contributed by atoms with Gasteiger partial charge in [0.05, 0.1) is 6.10 Å². The lowest BCUT2D eigenvalue weighted by Gasteiger charge is -2.24. The molecule has 88 valence electrons. The minimum absolute atomic E-state index is 0.229. The molecule has 0 aromatic heterocycles. The van der Waals surface area contributed by atoms with Gasteiger partial charge in [0, 0.05) is 25.1 Å². The Morgan fingerprint density at radius 2 is 2.33 bits per heavy atom. The van der Waals surface area contributed by atoms with Gasteiger partial charge >= 0.3 is 5.97 Å². The van der Waals surface area contributed by atoms with Gasteiger partial charge in [0.25, 0.3) is 0 Å². The van der Waals surface area contributed by atoms with Crippen LogP contribution in [0.3, 0.4) is 0 Å². The Balaban J connectivity index is 2.18. The first-order valence-electron chi connectivity index (χ1n) is 5.69. The highest BCUT2D eigenvalue weighted by molar-refractivity contribution is 5.66. The van der Waals surface area contributed by atoms with Gasteiger partial charge in [-0.3, -0.25) is 4.79 Å². The van der Waals surface area contributed by atoms with Crippen LogP contribution in [-0.4, -0.2) is 35.9 Å². The van der Waals surface area contributed by atoms with E-state index in [1.807, 2.05) is 6.92 Å². The summed E-state index contributed by atoms with van der Waals surface area (Å²) in [4.78, 5) is 10.4. The molecule has 15 heavy (non-hydrogen) atoms. The Hall–Kier alpha value is -0.610. The molecule has 4 heteroatoms. The zero-order valence-corrected chi connectivity index (χ0v) is 9.53. The molecule has 1 heterocycles. The second kappa shape index (κ2) is 6.08. The fraction of sp³-hybridized carbons (Fsp3) is 0.909. The SMILES string of the molecule is CC(CCC(=O)O)NC(C)C1CCCO1. The number of ether oxygens (including phenoxy) is 1. The van der Waals surface area contributed by atoms with E-state index in [1.54, 1.807) is 0 Å². The highest BCUT2D eigenvalue weighted by Gasteiger charge is 2.23. The molecule has 1 saturated heterocycles. The molecule has 0 bridgehead atoms. The highest BCUT2D eigenvalue weighted by atomic mass is 16.5. The van der Waals surface area contributed by atoms with Crippen molar-refractivity contribution in [2.45, 2.75) is 57.7 Å². The summed E-state index contributed by atoms with van der Waals surface area (Å²) in [5, 5.41) is 11.9. The molecule has 2 N–H and O–H groups in total. The van der Waals surface area contributed by atoms with Crippen LogP contribution in [0.4, 0.5) is 0 Å². The van der Waals surface area contributed by atoms with Gasteiger partial charge in [-0.1, -0.05) is 0 Å². The van der Waals surface area contributed by atoms with E-state index in [-0.39, 0.29) is 12.5 Å². The van der Waals surface area contributed by atoms with Crippen LogP contribution in [0, 0.1) is 0 Å². The maximum absolute atomic E-state index is 10.4. The number of hydrogen-bond acceptors (Lipinski definition) is 3. The molecular formula is C11H21NO3. The Kier molecular flexibility index (Phi) is 5.05. The first kappa shape index (κ1) is 12.5. The first-order valence-corrected chi connectivity index (χ1v) is 5.69. The van der Waals surface area contributed by atoms with E-state index in [1.165, 1.54) is 0 Å². The third-order valence-corrected chi connectivity index (χ3v) is 2.86. The predicted molar refractivity (Wildman–Crippen MR) is 57.9 cm³/mol. The van der Waals surface area contributed by atoms with E-state index in [0.29, 0.717) is 18.6 Å². The van der Waals surface area contributed by atoms with Gasteiger partial charge in [-0.05, 0) is 33.1 Å². The third-order valence-electron chi connectivity index (χ3n) is 2.86. The number of carboxylic acid groups (broad SMARTS) is 1. The van der Waals surface area contributed by atoms with Crippen LogP contribution in [0.5, 0.6) is 0 Å². The maximum atomic E-state index is 10.4. The van der Waals surface area contributed by atoms with Crippen LogP contribution in [0.2, 0.25) is 0 Å². The molecule has 4 nitrogen and oxygen atoms in total.